The molecule has 1 heterocycles. The molecular formula is C23H28INO3. The summed E-state index contributed by atoms with van der Waals surface area (Å²) in [6.07, 6.45) is 1.98. The fourth-order valence-electron chi connectivity index (χ4n) is 3.50. The Kier molecular flexibility index (Phi) is 7.73. The highest BCUT2D eigenvalue weighted by atomic mass is 127. The van der Waals surface area contributed by atoms with E-state index in [-0.39, 0.29) is 30.9 Å². The van der Waals surface area contributed by atoms with Crippen LogP contribution in [0.25, 0.3) is 0 Å². The van der Waals surface area contributed by atoms with Gasteiger partial charge in [0.2, 0.25) is 0 Å². The molecule has 3 rings (SSSR count). The first-order valence-corrected chi connectivity index (χ1v) is 11.1. The van der Waals surface area contributed by atoms with Crippen molar-refractivity contribution in [2.24, 2.45) is 0 Å². The summed E-state index contributed by atoms with van der Waals surface area (Å²) in [5.41, 5.74) is 2.07. The summed E-state index contributed by atoms with van der Waals surface area (Å²) >= 11 is 2.46. The van der Waals surface area contributed by atoms with Gasteiger partial charge in [0.15, 0.2) is 0 Å². The standard InChI is InChI=1S/C23H28INO3/c1-17(22-14-13-21(24)18(2)28-22)25(15-19-9-5-3-6-10-19)23(26)27-16-20-11-7-4-8-12-20/h3-12,17-18,21-22H,13-16H2,1-2H3. The van der Waals surface area contributed by atoms with Gasteiger partial charge in [0.1, 0.15) is 6.61 Å². The minimum atomic E-state index is -0.298. The maximum atomic E-state index is 13.0. The first-order valence-electron chi connectivity index (χ1n) is 9.85. The molecule has 1 amide bonds. The Labute approximate surface area is 181 Å². The number of benzene rings is 2. The molecule has 28 heavy (non-hydrogen) atoms. The molecular weight excluding hydrogens is 465 g/mol. The van der Waals surface area contributed by atoms with E-state index in [4.69, 9.17) is 9.47 Å². The molecule has 0 saturated carbocycles. The van der Waals surface area contributed by atoms with Gasteiger partial charge in [-0.1, -0.05) is 83.3 Å². The van der Waals surface area contributed by atoms with Gasteiger partial charge in [-0.2, -0.15) is 0 Å². The number of amides is 1. The van der Waals surface area contributed by atoms with Crippen molar-refractivity contribution >= 4 is 28.7 Å². The highest BCUT2D eigenvalue weighted by Crippen LogP contribution is 2.29. The van der Waals surface area contributed by atoms with Crippen LogP contribution < -0.4 is 0 Å². The normalized spacial score (nSPS) is 23.0. The zero-order valence-corrected chi connectivity index (χ0v) is 18.6. The van der Waals surface area contributed by atoms with E-state index in [1.165, 1.54) is 0 Å². The number of halogens is 1. The predicted octanol–water partition coefficient (Wildman–Crippen LogP) is 5.59. The number of alkyl halides is 1. The molecule has 0 N–H and O–H groups in total. The van der Waals surface area contributed by atoms with Crippen LogP contribution in [0.1, 0.15) is 37.8 Å². The second kappa shape index (κ2) is 10.3. The van der Waals surface area contributed by atoms with E-state index in [0.717, 1.165) is 24.0 Å². The average Bonchev–Trinajstić information content (AvgIpc) is 2.73. The zero-order valence-electron chi connectivity index (χ0n) is 16.5. The van der Waals surface area contributed by atoms with Crippen LogP contribution in [-0.2, 0) is 22.6 Å². The van der Waals surface area contributed by atoms with Crippen molar-refractivity contribution in [2.75, 3.05) is 0 Å². The Morgan fingerprint density at radius 1 is 1.11 bits per heavy atom. The lowest BCUT2D eigenvalue weighted by molar-refractivity contribution is -0.0716. The summed E-state index contributed by atoms with van der Waals surface area (Å²) in [5, 5.41) is 0. The molecule has 1 saturated heterocycles. The van der Waals surface area contributed by atoms with Crippen LogP contribution >= 0.6 is 22.6 Å². The van der Waals surface area contributed by atoms with Crippen LogP contribution in [0.2, 0.25) is 0 Å². The second-order valence-electron chi connectivity index (χ2n) is 7.37. The van der Waals surface area contributed by atoms with Gasteiger partial charge in [0.05, 0.1) is 18.2 Å². The predicted molar refractivity (Wildman–Crippen MR) is 119 cm³/mol. The van der Waals surface area contributed by atoms with Crippen LogP contribution in [0.4, 0.5) is 4.79 Å². The second-order valence-corrected chi connectivity index (χ2v) is 8.97. The van der Waals surface area contributed by atoms with Crippen LogP contribution in [0, 0.1) is 0 Å². The molecule has 5 heteroatoms. The number of hydrogen-bond acceptors (Lipinski definition) is 3. The van der Waals surface area contributed by atoms with E-state index in [9.17, 15) is 4.79 Å². The van der Waals surface area contributed by atoms with Crippen LogP contribution in [0.5, 0.6) is 0 Å². The highest BCUT2D eigenvalue weighted by molar-refractivity contribution is 14.1. The quantitative estimate of drug-likeness (QED) is 0.390. The first-order chi connectivity index (χ1) is 13.5. The Balaban J connectivity index is 1.71. The Hall–Kier alpha value is -1.60. The van der Waals surface area contributed by atoms with Crippen molar-refractivity contribution < 1.29 is 14.3 Å². The summed E-state index contributed by atoms with van der Waals surface area (Å²) < 4.78 is 12.4. The molecule has 1 fully saturated rings. The third-order valence-electron chi connectivity index (χ3n) is 5.29. The minimum absolute atomic E-state index is 0.0222. The SMILES string of the molecule is CC1OC(C(C)N(Cc2ccccc2)C(=O)OCc2ccccc2)CCC1I. The largest absolute Gasteiger partial charge is 0.445 e. The molecule has 4 atom stereocenters. The molecule has 0 aromatic heterocycles. The van der Waals surface area contributed by atoms with E-state index in [1.54, 1.807) is 0 Å². The Morgan fingerprint density at radius 2 is 1.71 bits per heavy atom. The molecule has 0 radical (unpaired) electrons. The van der Waals surface area contributed by atoms with Crippen molar-refractivity contribution in [3.63, 3.8) is 0 Å². The Morgan fingerprint density at radius 3 is 2.32 bits per heavy atom. The lowest BCUT2D eigenvalue weighted by Crippen LogP contribution is -2.49. The van der Waals surface area contributed by atoms with E-state index in [2.05, 4.69) is 36.4 Å². The van der Waals surface area contributed by atoms with Gasteiger partial charge in [-0.25, -0.2) is 4.79 Å². The summed E-state index contributed by atoms with van der Waals surface area (Å²) in [6, 6.07) is 19.8. The number of nitrogens with zero attached hydrogens (tertiary/aromatic N) is 1. The molecule has 0 bridgehead atoms. The third kappa shape index (κ3) is 5.70. The maximum absolute atomic E-state index is 13.0. The van der Waals surface area contributed by atoms with Gasteiger partial charge >= 0.3 is 6.09 Å². The minimum Gasteiger partial charge on any atom is -0.445 e. The lowest BCUT2D eigenvalue weighted by Gasteiger charge is -2.39. The van der Waals surface area contributed by atoms with E-state index < -0.39 is 0 Å². The van der Waals surface area contributed by atoms with Gasteiger partial charge in [0.25, 0.3) is 0 Å². The van der Waals surface area contributed by atoms with Crippen molar-refractivity contribution in [2.45, 2.75) is 62.0 Å². The van der Waals surface area contributed by atoms with E-state index >= 15 is 0 Å². The molecule has 1 aliphatic heterocycles. The van der Waals surface area contributed by atoms with Crippen molar-refractivity contribution in [3.8, 4) is 0 Å². The number of ether oxygens (including phenoxy) is 2. The number of hydrogen-bond donors (Lipinski definition) is 0. The van der Waals surface area contributed by atoms with Gasteiger partial charge in [-0.3, -0.25) is 4.90 Å². The summed E-state index contributed by atoms with van der Waals surface area (Å²) in [4.78, 5) is 14.8. The van der Waals surface area contributed by atoms with Gasteiger partial charge in [0, 0.05) is 10.5 Å². The van der Waals surface area contributed by atoms with Gasteiger partial charge in [-0.05, 0) is 37.8 Å². The summed E-state index contributed by atoms with van der Waals surface area (Å²) in [5.74, 6) is 0. The van der Waals surface area contributed by atoms with Gasteiger partial charge < -0.3 is 9.47 Å². The zero-order chi connectivity index (χ0) is 19.9. The molecule has 4 unspecified atom stereocenters. The Bertz CT molecular complexity index is 740. The van der Waals surface area contributed by atoms with Crippen molar-refractivity contribution in [3.05, 3.63) is 71.8 Å². The van der Waals surface area contributed by atoms with E-state index in [0.29, 0.717) is 10.5 Å². The van der Waals surface area contributed by atoms with Crippen molar-refractivity contribution in [1.82, 2.24) is 4.90 Å². The number of carbonyl (C=O) groups excluding carboxylic acids is 1. The molecule has 0 aliphatic carbocycles. The van der Waals surface area contributed by atoms with E-state index in [1.807, 2.05) is 65.6 Å². The van der Waals surface area contributed by atoms with Gasteiger partial charge in [-0.15, -0.1) is 0 Å². The number of rotatable bonds is 6. The third-order valence-corrected chi connectivity index (χ3v) is 6.93. The molecule has 2 aromatic rings. The van der Waals surface area contributed by atoms with Crippen LogP contribution in [-0.4, -0.2) is 33.2 Å². The smallest absolute Gasteiger partial charge is 0.410 e. The van der Waals surface area contributed by atoms with Crippen molar-refractivity contribution in [1.29, 1.82) is 0 Å². The van der Waals surface area contributed by atoms with Crippen LogP contribution in [0.15, 0.2) is 60.7 Å². The fraction of sp³-hybridized carbons (Fsp3) is 0.435. The summed E-state index contributed by atoms with van der Waals surface area (Å²) in [6.45, 7) is 4.97. The lowest BCUT2D eigenvalue weighted by atomic mass is 9.99. The average molecular weight is 493 g/mol. The highest BCUT2D eigenvalue weighted by Gasteiger charge is 2.34. The fourth-order valence-corrected chi connectivity index (χ4v) is 4.03. The van der Waals surface area contributed by atoms with Crippen LogP contribution in [0.3, 0.4) is 0 Å². The molecule has 150 valence electrons. The maximum Gasteiger partial charge on any atom is 0.410 e. The monoisotopic (exact) mass is 493 g/mol. The first kappa shape index (κ1) is 21.1. The molecule has 4 nitrogen and oxygen atoms in total. The molecule has 0 spiro atoms. The number of carbonyl (C=O) groups is 1. The molecule has 1 aliphatic rings. The topological polar surface area (TPSA) is 38.8 Å². The molecule has 2 aromatic carbocycles. The summed E-state index contributed by atoms with van der Waals surface area (Å²) in [7, 11) is 0.